The third-order valence-electron chi connectivity index (χ3n) is 3.36. The van der Waals surface area contributed by atoms with E-state index in [4.69, 9.17) is 10.5 Å². The van der Waals surface area contributed by atoms with Gasteiger partial charge in [0.2, 0.25) is 5.88 Å². The van der Waals surface area contributed by atoms with Gasteiger partial charge in [0.25, 0.3) is 0 Å². The van der Waals surface area contributed by atoms with Crippen LogP contribution in [0.5, 0.6) is 5.88 Å². The van der Waals surface area contributed by atoms with Crippen LogP contribution in [0.25, 0.3) is 0 Å². The van der Waals surface area contributed by atoms with Crippen LogP contribution in [0.4, 0.5) is 5.69 Å². The molecule has 0 aliphatic carbocycles. The summed E-state index contributed by atoms with van der Waals surface area (Å²) < 4.78 is 5.75. The number of nitrogens with two attached hydrogens (primary N) is 1. The fourth-order valence-electron chi connectivity index (χ4n) is 2.19. The van der Waals surface area contributed by atoms with Crippen LogP contribution < -0.4 is 10.5 Å². The first-order valence-corrected chi connectivity index (χ1v) is 6.23. The molecule has 2 heterocycles. The Morgan fingerprint density at radius 2 is 2.29 bits per heavy atom. The molecular weight excluding hydrogens is 214 g/mol. The highest BCUT2D eigenvalue weighted by atomic mass is 16.5. The zero-order valence-corrected chi connectivity index (χ0v) is 10.6. The lowest BCUT2D eigenvalue weighted by Crippen LogP contribution is -2.40. The number of ether oxygens (including phenoxy) is 1. The average molecular weight is 235 g/mol. The van der Waals surface area contributed by atoms with Gasteiger partial charge in [0.05, 0.1) is 5.69 Å². The van der Waals surface area contributed by atoms with Crippen LogP contribution in [0, 0.1) is 6.92 Å². The van der Waals surface area contributed by atoms with E-state index in [0.717, 1.165) is 12.2 Å². The van der Waals surface area contributed by atoms with Crippen LogP contribution >= 0.6 is 0 Å². The Balaban J connectivity index is 1.94. The van der Waals surface area contributed by atoms with Gasteiger partial charge >= 0.3 is 0 Å². The van der Waals surface area contributed by atoms with Gasteiger partial charge in [0, 0.05) is 11.7 Å². The molecular formula is C13H21N3O. The smallest absolute Gasteiger partial charge is 0.237 e. The van der Waals surface area contributed by atoms with Crippen molar-refractivity contribution in [3.8, 4) is 5.88 Å². The van der Waals surface area contributed by atoms with Gasteiger partial charge in [-0.2, -0.15) is 0 Å². The van der Waals surface area contributed by atoms with Crippen molar-refractivity contribution in [1.82, 2.24) is 9.88 Å². The first kappa shape index (κ1) is 12.2. The van der Waals surface area contributed by atoms with Gasteiger partial charge in [0.1, 0.15) is 6.61 Å². The van der Waals surface area contributed by atoms with Gasteiger partial charge in [-0.1, -0.05) is 6.42 Å². The number of piperidine rings is 1. The summed E-state index contributed by atoms with van der Waals surface area (Å²) in [6, 6.07) is 4.24. The molecule has 0 aromatic carbocycles. The number of aryl methyl sites for hydroxylation is 1. The zero-order chi connectivity index (χ0) is 12.3. The second-order valence-corrected chi connectivity index (χ2v) is 4.79. The van der Waals surface area contributed by atoms with Crippen LogP contribution in [0.3, 0.4) is 0 Å². The summed E-state index contributed by atoms with van der Waals surface area (Å²) in [6.07, 6.45) is 3.77. The van der Waals surface area contributed by atoms with Crippen LogP contribution in [-0.4, -0.2) is 36.1 Å². The van der Waals surface area contributed by atoms with Crippen LogP contribution in [-0.2, 0) is 0 Å². The minimum Gasteiger partial charge on any atom is -0.475 e. The van der Waals surface area contributed by atoms with Gasteiger partial charge < -0.3 is 15.4 Å². The highest BCUT2D eigenvalue weighted by molar-refractivity contribution is 5.48. The summed E-state index contributed by atoms with van der Waals surface area (Å²) in [4.78, 5) is 6.67. The Morgan fingerprint density at radius 1 is 1.47 bits per heavy atom. The molecule has 4 heteroatoms. The van der Waals surface area contributed by atoms with Crippen molar-refractivity contribution >= 4 is 5.69 Å². The largest absolute Gasteiger partial charge is 0.475 e. The number of hydrogen-bond donors (Lipinski definition) is 1. The number of anilines is 1. The maximum absolute atomic E-state index is 5.84. The van der Waals surface area contributed by atoms with E-state index >= 15 is 0 Å². The summed E-state index contributed by atoms with van der Waals surface area (Å²) in [6.45, 7) is 3.78. The van der Waals surface area contributed by atoms with Crippen LogP contribution in [0.1, 0.15) is 25.0 Å². The average Bonchev–Trinajstić information content (AvgIpc) is 2.32. The molecule has 1 unspecified atom stereocenters. The van der Waals surface area contributed by atoms with Crippen molar-refractivity contribution in [2.75, 3.05) is 25.9 Å². The van der Waals surface area contributed by atoms with E-state index in [0.29, 0.717) is 24.2 Å². The van der Waals surface area contributed by atoms with E-state index in [9.17, 15) is 0 Å². The standard InChI is InChI=1S/C13H21N3O/c1-10-6-7-12(14)13(15-10)17-9-11-5-3-4-8-16(11)2/h6-7,11H,3-5,8-9,14H2,1-2H3. The Hall–Kier alpha value is -1.29. The Kier molecular flexibility index (Phi) is 3.84. The van der Waals surface area contributed by atoms with Crippen molar-refractivity contribution in [1.29, 1.82) is 0 Å². The molecule has 1 aromatic heterocycles. The molecule has 94 valence electrons. The van der Waals surface area contributed by atoms with Crippen molar-refractivity contribution in [3.63, 3.8) is 0 Å². The van der Waals surface area contributed by atoms with Gasteiger partial charge in [-0.3, -0.25) is 0 Å². The van der Waals surface area contributed by atoms with E-state index in [1.54, 1.807) is 0 Å². The topological polar surface area (TPSA) is 51.4 Å². The van der Waals surface area contributed by atoms with Crippen molar-refractivity contribution in [2.45, 2.75) is 32.2 Å². The second kappa shape index (κ2) is 5.36. The number of pyridine rings is 1. The van der Waals surface area contributed by atoms with Gasteiger partial charge in [-0.05, 0) is 45.5 Å². The lowest BCUT2D eigenvalue weighted by Gasteiger charge is -2.32. The van der Waals surface area contributed by atoms with Crippen molar-refractivity contribution < 1.29 is 4.74 Å². The maximum atomic E-state index is 5.84. The van der Waals surface area contributed by atoms with Crippen molar-refractivity contribution in [2.24, 2.45) is 0 Å². The van der Waals surface area contributed by atoms with E-state index in [1.165, 1.54) is 19.3 Å². The molecule has 0 radical (unpaired) electrons. The first-order valence-electron chi connectivity index (χ1n) is 6.23. The Morgan fingerprint density at radius 3 is 3.06 bits per heavy atom. The van der Waals surface area contributed by atoms with Gasteiger partial charge in [0.15, 0.2) is 0 Å². The molecule has 17 heavy (non-hydrogen) atoms. The third kappa shape index (κ3) is 3.09. The highest BCUT2D eigenvalue weighted by Gasteiger charge is 2.19. The monoisotopic (exact) mass is 235 g/mol. The molecule has 0 spiro atoms. The Bertz CT molecular complexity index is 381. The number of likely N-dealkylation sites (N-methyl/N-ethyl adjacent to an activating group) is 1. The summed E-state index contributed by atoms with van der Waals surface area (Å²) in [5.74, 6) is 0.573. The van der Waals surface area contributed by atoms with Crippen LogP contribution in [0.15, 0.2) is 12.1 Å². The number of nitrogen functional groups attached to an aromatic ring is 1. The molecule has 2 rings (SSSR count). The molecule has 0 bridgehead atoms. The molecule has 4 nitrogen and oxygen atoms in total. The maximum Gasteiger partial charge on any atom is 0.237 e. The normalized spacial score (nSPS) is 21.4. The molecule has 1 fully saturated rings. The lowest BCUT2D eigenvalue weighted by atomic mass is 10.0. The number of nitrogens with zero attached hydrogens (tertiary/aromatic N) is 2. The minimum absolute atomic E-state index is 0.491. The SMILES string of the molecule is Cc1ccc(N)c(OCC2CCCCN2C)n1. The second-order valence-electron chi connectivity index (χ2n) is 4.79. The Labute approximate surface area is 103 Å². The van der Waals surface area contributed by atoms with E-state index in [1.807, 2.05) is 19.1 Å². The summed E-state index contributed by atoms with van der Waals surface area (Å²) in [7, 11) is 2.15. The highest BCUT2D eigenvalue weighted by Crippen LogP contribution is 2.20. The molecule has 0 saturated carbocycles. The first-order chi connectivity index (χ1) is 8.16. The summed E-state index contributed by atoms with van der Waals surface area (Å²) in [5.41, 5.74) is 7.39. The number of hydrogen-bond acceptors (Lipinski definition) is 4. The van der Waals surface area contributed by atoms with Gasteiger partial charge in [-0.25, -0.2) is 4.98 Å². The molecule has 1 atom stereocenters. The molecule has 1 aromatic rings. The molecule has 1 saturated heterocycles. The van der Waals surface area contributed by atoms with E-state index in [2.05, 4.69) is 16.9 Å². The summed E-state index contributed by atoms with van der Waals surface area (Å²) in [5, 5.41) is 0. The number of rotatable bonds is 3. The quantitative estimate of drug-likeness (QED) is 0.868. The summed E-state index contributed by atoms with van der Waals surface area (Å²) >= 11 is 0. The fourth-order valence-corrected chi connectivity index (χ4v) is 2.19. The number of aromatic nitrogens is 1. The third-order valence-corrected chi connectivity index (χ3v) is 3.36. The van der Waals surface area contributed by atoms with Crippen molar-refractivity contribution in [3.05, 3.63) is 17.8 Å². The van der Waals surface area contributed by atoms with Gasteiger partial charge in [-0.15, -0.1) is 0 Å². The van der Waals surface area contributed by atoms with Crippen LogP contribution in [0.2, 0.25) is 0 Å². The lowest BCUT2D eigenvalue weighted by molar-refractivity contribution is 0.123. The van der Waals surface area contributed by atoms with E-state index < -0.39 is 0 Å². The minimum atomic E-state index is 0.491. The number of likely N-dealkylation sites (tertiary alicyclic amines) is 1. The predicted molar refractivity (Wildman–Crippen MR) is 69.2 cm³/mol. The molecule has 2 N–H and O–H groups in total. The molecule has 0 amide bonds. The zero-order valence-electron chi connectivity index (χ0n) is 10.6. The molecule has 1 aliphatic heterocycles. The molecule has 1 aliphatic rings. The van der Waals surface area contributed by atoms with E-state index in [-0.39, 0.29) is 0 Å². The fraction of sp³-hybridized carbons (Fsp3) is 0.615. The predicted octanol–water partition coefficient (Wildman–Crippen LogP) is 1.84.